The summed E-state index contributed by atoms with van der Waals surface area (Å²) in [6, 6.07) is 0.871. The van der Waals surface area contributed by atoms with Crippen molar-refractivity contribution in [2.24, 2.45) is 11.3 Å². The zero-order valence-corrected chi connectivity index (χ0v) is 11.8. The van der Waals surface area contributed by atoms with E-state index in [0.717, 1.165) is 18.6 Å². The molecule has 1 aliphatic heterocycles. The highest BCUT2D eigenvalue weighted by atomic mass is 16.5. The Morgan fingerprint density at radius 1 is 1.28 bits per heavy atom. The predicted octanol–water partition coefficient (Wildman–Crippen LogP) is 1.88. The summed E-state index contributed by atoms with van der Waals surface area (Å²) < 4.78 is 5.25. The molecule has 1 saturated heterocycles. The summed E-state index contributed by atoms with van der Waals surface area (Å²) in [4.78, 5) is 2.71. The van der Waals surface area contributed by atoms with Gasteiger partial charge in [0.25, 0.3) is 0 Å². The maximum absolute atomic E-state index is 5.25. The molecule has 3 rings (SSSR count). The second-order valence-corrected chi connectivity index (χ2v) is 6.82. The molecular formula is C15H28N2O. The van der Waals surface area contributed by atoms with E-state index in [-0.39, 0.29) is 0 Å². The second kappa shape index (κ2) is 5.48. The van der Waals surface area contributed by atoms with Gasteiger partial charge in [-0.2, -0.15) is 0 Å². The number of rotatable bonds is 8. The summed E-state index contributed by atoms with van der Waals surface area (Å²) in [5.41, 5.74) is 0.634. The number of nitrogens with zero attached hydrogens (tertiary/aromatic N) is 1. The average Bonchev–Trinajstić information content (AvgIpc) is 3.28. The van der Waals surface area contributed by atoms with Gasteiger partial charge in [0.15, 0.2) is 0 Å². The summed E-state index contributed by atoms with van der Waals surface area (Å²) in [7, 11) is 1.82. The SMILES string of the molecule is COCCC1(CN2CCC(CNC3CC3)C2)CC1. The minimum Gasteiger partial charge on any atom is -0.385 e. The van der Waals surface area contributed by atoms with Crippen molar-refractivity contribution in [1.82, 2.24) is 10.2 Å². The summed E-state index contributed by atoms with van der Waals surface area (Å²) in [6.45, 7) is 6.18. The van der Waals surface area contributed by atoms with Gasteiger partial charge in [0.05, 0.1) is 0 Å². The molecule has 1 heterocycles. The van der Waals surface area contributed by atoms with Crippen molar-refractivity contribution < 1.29 is 4.74 Å². The van der Waals surface area contributed by atoms with Crippen molar-refractivity contribution in [2.75, 3.05) is 39.9 Å². The molecular weight excluding hydrogens is 224 g/mol. The highest BCUT2D eigenvalue weighted by Crippen LogP contribution is 2.49. The van der Waals surface area contributed by atoms with Gasteiger partial charge in [0.1, 0.15) is 0 Å². The lowest BCUT2D eigenvalue weighted by Gasteiger charge is -2.23. The van der Waals surface area contributed by atoms with E-state index in [9.17, 15) is 0 Å². The smallest absolute Gasteiger partial charge is 0.0468 e. The maximum Gasteiger partial charge on any atom is 0.0468 e. The molecule has 104 valence electrons. The third-order valence-electron chi connectivity index (χ3n) is 5.00. The molecule has 2 aliphatic carbocycles. The molecule has 0 aromatic rings. The molecule has 0 bridgehead atoms. The molecule has 1 N–H and O–H groups in total. The van der Waals surface area contributed by atoms with Crippen LogP contribution in [0.3, 0.4) is 0 Å². The van der Waals surface area contributed by atoms with Crippen LogP contribution in [0.25, 0.3) is 0 Å². The Kier molecular flexibility index (Phi) is 3.92. The van der Waals surface area contributed by atoms with Gasteiger partial charge in [-0.1, -0.05) is 0 Å². The summed E-state index contributed by atoms with van der Waals surface area (Å²) in [5.74, 6) is 0.906. The minimum atomic E-state index is 0.634. The van der Waals surface area contributed by atoms with E-state index in [1.54, 1.807) is 0 Å². The maximum atomic E-state index is 5.25. The zero-order chi connectivity index (χ0) is 12.4. The van der Waals surface area contributed by atoms with E-state index >= 15 is 0 Å². The van der Waals surface area contributed by atoms with Gasteiger partial charge in [-0.05, 0) is 62.9 Å². The van der Waals surface area contributed by atoms with E-state index in [1.807, 2.05) is 7.11 Å². The molecule has 0 radical (unpaired) electrons. The van der Waals surface area contributed by atoms with E-state index in [1.165, 1.54) is 64.7 Å². The first-order chi connectivity index (χ1) is 8.80. The van der Waals surface area contributed by atoms with Gasteiger partial charge in [-0.25, -0.2) is 0 Å². The van der Waals surface area contributed by atoms with E-state index < -0.39 is 0 Å². The van der Waals surface area contributed by atoms with Crippen molar-refractivity contribution in [1.29, 1.82) is 0 Å². The molecule has 1 atom stereocenters. The lowest BCUT2D eigenvalue weighted by molar-refractivity contribution is 0.153. The third-order valence-corrected chi connectivity index (χ3v) is 5.00. The van der Waals surface area contributed by atoms with Crippen LogP contribution in [0, 0.1) is 11.3 Å². The Balaban J connectivity index is 1.36. The minimum absolute atomic E-state index is 0.634. The lowest BCUT2D eigenvalue weighted by Crippen LogP contribution is -2.31. The summed E-state index contributed by atoms with van der Waals surface area (Å²) >= 11 is 0. The van der Waals surface area contributed by atoms with E-state index in [2.05, 4.69) is 10.2 Å². The second-order valence-electron chi connectivity index (χ2n) is 6.82. The van der Waals surface area contributed by atoms with Crippen LogP contribution >= 0.6 is 0 Å². The molecule has 3 nitrogen and oxygen atoms in total. The molecule has 0 amide bonds. The number of ether oxygens (including phenoxy) is 1. The Morgan fingerprint density at radius 3 is 2.78 bits per heavy atom. The molecule has 0 aromatic carbocycles. The van der Waals surface area contributed by atoms with Crippen LogP contribution in [0.15, 0.2) is 0 Å². The van der Waals surface area contributed by atoms with Gasteiger partial charge in [0, 0.05) is 32.8 Å². The molecule has 18 heavy (non-hydrogen) atoms. The predicted molar refractivity (Wildman–Crippen MR) is 73.7 cm³/mol. The van der Waals surface area contributed by atoms with Crippen molar-refractivity contribution in [2.45, 2.75) is 44.6 Å². The Hall–Kier alpha value is -0.120. The van der Waals surface area contributed by atoms with Crippen molar-refractivity contribution in [3.05, 3.63) is 0 Å². The Labute approximate surface area is 111 Å². The number of methoxy groups -OCH3 is 1. The van der Waals surface area contributed by atoms with Gasteiger partial charge in [-0.3, -0.25) is 0 Å². The van der Waals surface area contributed by atoms with Crippen LogP contribution in [0.4, 0.5) is 0 Å². The van der Waals surface area contributed by atoms with E-state index in [0.29, 0.717) is 5.41 Å². The molecule has 3 fully saturated rings. The number of nitrogens with one attached hydrogen (secondary N) is 1. The first kappa shape index (κ1) is 12.9. The standard InChI is InChI=1S/C15H28N2O/c1-18-9-7-15(5-6-15)12-17-8-4-13(11-17)10-16-14-2-3-14/h13-14,16H,2-12H2,1H3. The fraction of sp³-hybridized carbons (Fsp3) is 1.00. The highest BCUT2D eigenvalue weighted by molar-refractivity contribution is 4.97. The summed E-state index contributed by atoms with van der Waals surface area (Å²) in [6.07, 6.45) is 8.36. The third kappa shape index (κ3) is 3.46. The summed E-state index contributed by atoms with van der Waals surface area (Å²) in [5, 5.41) is 3.69. The van der Waals surface area contributed by atoms with Crippen molar-refractivity contribution >= 4 is 0 Å². The Morgan fingerprint density at radius 2 is 2.11 bits per heavy atom. The van der Waals surface area contributed by atoms with Crippen molar-refractivity contribution in [3.63, 3.8) is 0 Å². The quantitative estimate of drug-likeness (QED) is 0.714. The number of hydrogen-bond donors (Lipinski definition) is 1. The zero-order valence-electron chi connectivity index (χ0n) is 11.8. The molecule has 1 unspecified atom stereocenters. The monoisotopic (exact) mass is 252 g/mol. The molecule has 0 aromatic heterocycles. The molecule has 2 saturated carbocycles. The normalized spacial score (nSPS) is 30.8. The van der Waals surface area contributed by atoms with Crippen LogP contribution in [0.2, 0.25) is 0 Å². The first-order valence-corrected chi connectivity index (χ1v) is 7.74. The van der Waals surface area contributed by atoms with Gasteiger partial charge in [0.2, 0.25) is 0 Å². The van der Waals surface area contributed by atoms with Crippen LogP contribution in [-0.2, 0) is 4.74 Å². The average molecular weight is 252 g/mol. The van der Waals surface area contributed by atoms with Crippen LogP contribution in [0.5, 0.6) is 0 Å². The van der Waals surface area contributed by atoms with Crippen LogP contribution in [0.1, 0.15) is 38.5 Å². The van der Waals surface area contributed by atoms with Crippen LogP contribution < -0.4 is 5.32 Å². The Bertz CT molecular complexity index is 274. The highest BCUT2D eigenvalue weighted by Gasteiger charge is 2.44. The van der Waals surface area contributed by atoms with Crippen molar-refractivity contribution in [3.8, 4) is 0 Å². The van der Waals surface area contributed by atoms with E-state index in [4.69, 9.17) is 4.74 Å². The fourth-order valence-corrected chi connectivity index (χ4v) is 3.30. The van der Waals surface area contributed by atoms with Gasteiger partial charge in [-0.15, -0.1) is 0 Å². The topological polar surface area (TPSA) is 24.5 Å². The molecule has 3 aliphatic rings. The van der Waals surface area contributed by atoms with Gasteiger partial charge >= 0.3 is 0 Å². The number of likely N-dealkylation sites (tertiary alicyclic amines) is 1. The number of hydrogen-bond acceptors (Lipinski definition) is 3. The lowest BCUT2D eigenvalue weighted by atomic mass is 10.0. The molecule has 0 spiro atoms. The van der Waals surface area contributed by atoms with Crippen LogP contribution in [-0.4, -0.2) is 50.8 Å². The first-order valence-electron chi connectivity index (χ1n) is 7.74. The molecule has 3 heteroatoms. The largest absolute Gasteiger partial charge is 0.385 e. The van der Waals surface area contributed by atoms with Gasteiger partial charge < -0.3 is 15.0 Å². The fourth-order valence-electron chi connectivity index (χ4n) is 3.30.